The summed E-state index contributed by atoms with van der Waals surface area (Å²) in [6.07, 6.45) is 2.68. The van der Waals surface area contributed by atoms with E-state index in [1.165, 1.54) is 11.1 Å². The molecular formula is C16H24N2O. The van der Waals surface area contributed by atoms with Gasteiger partial charge < -0.3 is 10.6 Å². The summed E-state index contributed by atoms with van der Waals surface area (Å²) in [5, 5.41) is 6.16. The monoisotopic (exact) mass is 260 g/mol. The number of hydrogen-bond acceptors (Lipinski definition) is 2. The van der Waals surface area contributed by atoms with Crippen molar-refractivity contribution in [3.8, 4) is 0 Å². The van der Waals surface area contributed by atoms with Crippen molar-refractivity contribution in [2.75, 3.05) is 13.1 Å². The fourth-order valence-electron chi connectivity index (χ4n) is 1.77. The van der Waals surface area contributed by atoms with Crippen LogP contribution in [-0.4, -0.2) is 25.0 Å². The summed E-state index contributed by atoms with van der Waals surface area (Å²) in [6.45, 7) is 7.55. The molecule has 3 nitrogen and oxygen atoms in total. The maximum Gasteiger partial charge on any atom is 0.221 e. The zero-order chi connectivity index (χ0) is 14.1. The molecular weight excluding hydrogens is 236 g/mol. The molecule has 0 saturated carbocycles. The molecule has 1 aromatic rings. The summed E-state index contributed by atoms with van der Waals surface area (Å²) in [5.41, 5.74) is 2.47. The molecule has 2 N–H and O–H groups in total. The van der Waals surface area contributed by atoms with E-state index in [1.807, 2.05) is 32.0 Å². The Labute approximate surface area is 116 Å². The van der Waals surface area contributed by atoms with Crippen LogP contribution < -0.4 is 10.6 Å². The highest BCUT2D eigenvalue weighted by atomic mass is 16.1. The van der Waals surface area contributed by atoms with Crippen LogP contribution in [0.15, 0.2) is 35.9 Å². The zero-order valence-corrected chi connectivity index (χ0v) is 12.1. The van der Waals surface area contributed by atoms with Crippen LogP contribution >= 0.6 is 0 Å². The minimum absolute atomic E-state index is 0.104. The fourth-order valence-corrected chi connectivity index (χ4v) is 1.77. The summed E-state index contributed by atoms with van der Waals surface area (Å²) >= 11 is 0. The SMILES string of the molecule is C/C(=C\c1ccccc1)CNCCC(=O)NC(C)C. The number of rotatable bonds is 7. The van der Waals surface area contributed by atoms with Gasteiger partial charge in [0.25, 0.3) is 0 Å². The Hall–Kier alpha value is -1.61. The third-order valence-electron chi connectivity index (χ3n) is 2.59. The van der Waals surface area contributed by atoms with Crippen LogP contribution in [-0.2, 0) is 4.79 Å². The molecule has 0 fully saturated rings. The Kier molecular flexibility index (Phi) is 6.90. The molecule has 0 aliphatic heterocycles. The van der Waals surface area contributed by atoms with Crippen molar-refractivity contribution >= 4 is 12.0 Å². The van der Waals surface area contributed by atoms with Crippen molar-refractivity contribution in [1.82, 2.24) is 10.6 Å². The van der Waals surface area contributed by atoms with E-state index in [-0.39, 0.29) is 11.9 Å². The quantitative estimate of drug-likeness (QED) is 0.740. The second-order valence-corrected chi connectivity index (χ2v) is 5.05. The molecule has 104 valence electrons. The van der Waals surface area contributed by atoms with E-state index in [4.69, 9.17) is 0 Å². The van der Waals surface area contributed by atoms with E-state index in [9.17, 15) is 4.79 Å². The van der Waals surface area contributed by atoms with Crippen LogP contribution in [0.2, 0.25) is 0 Å². The van der Waals surface area contributed by atoms with Crippen molar-refractivity contribution in [2.45, 2.75) is 33.2 Å². The normalized spacial score (nSPS) is 11.7. The lowest BCUT2D eigenvalue weighted by atomic mass is 10.1. The highest BCUT2D eigenvalue weighted by Gasteiger charge is 2.01. The number of nitrogens with one attached hydrogen (secondary N) is 2. The smallest absolute Gasteiger partial charge is 0.221 e. The first-order valence-electron chi connectivity index (χ1n) is 6.80. The standard InChI is InChI=1S/C16H24N2O/c1-13(2)18-16(19)9-10-17-12-14(3)11-15-7-5-4-6-8-15/h4-8,11,13,17H,9-10,12H2,1-3H3,(H,18,19)/b14-11+. The zero-order valence-electron chi connectivity index (χ0n) is 12.1. The van der Waals surface area contributed by atoms with Gasteiger partial charge >= 0.3 is 0 Å². The molecule has 1 aromatic carbocycles. The van der Waals surface area contributed by atoms with Gasteiger partial charge in [0.2, 0.25) is 5.91 Å². The van der Waals surface area contributed by atoms with Crippen LogP contribution in [0.3, 0.4) is 0 Å². The van der Waals surface area contributed by atoms with Crippen LogP contribution in [0.4, 0.5) is 0 Å². The van der Waals surface area contributed by atoms with Gasteiger partial charge in [0.15, 0.2) is 0 Å². The molecule has 19 heavy (non-hydrogen) atoms. The average Bonchev–Trinajstić information content (AvgIpc) is 2.35. The molecule has 1 rings (SSSR count). The Morgan fingerprint density at radius 3 is 2.58 bits per heavy atom. The number of carbonyl (C=O) groups excluding carboxylic acids is 1. The van der Waals surface area contributed by atoms with Gasteiger partial charge in [-0.2, -0.15) is 0 Å². The van der Waals surface area contributed by atoms with Gasteiger partial charge in [-0.05, 0) is 26.3 Å². The molecule has 0 aliphatic rings. The summed E-state index contributed by atoms with van der Waals surface area (Å²) in [5.74, 6) is 0.104. The van der Waals surface area contributed by atoms with Crippen molar-refractivity contribution in [3.63, 3.8) is 0 Å². The lowest BCUT2D eigenvalue weighted by Gasteiger charge is -2.09. The molecule has 0 unspecified atom stereocenters. The Bertz CT molecular complexity index is 410. The summed E-state index contributed by atoms with van der Waals surface area (Å²) in [6, 6.07) is 10.5. The second kappa shape index (κ2) is 8.48. The van der Waals surface area contributed by atoms with E-state index >= 15 is 0 Å². The molecule has 0 radical (unpaired) electrons. The van der Waals surface area contributed by atoms with E-state index in [1.54, 1.807) is 0 Å². The van der Waals surface area contributed by atoms with Gasteiger partial charge in [-0.3, -0.25) is 4.79 Å². The first kappa shape index (κ1) is 15.4. The maximum absolute atomic E-state index is 11.4. The van der Waals surface area contributed by atoms with Crippen LogP contribution in [0.5, 0.6) is 0 Å². The van der Waals surface area contributed by atoms with Crippen LogP contribution in [0.1, 0.15) is 32.8 Å². The summed E-state index contributed by atoms with van der Waals surface area (Å²) < 4.78 is 0. The van der Waals surface area contributed by atoms with Gasteiger partial charge in [0, 0.05) is 25.6 Å². The third kappa shape index (κ3) is 7.42. The van der Waals surface area contributed by atoms with E-state index in [0.717, 1.165) is 6.54 Å². The largest absolute Gasteiger partial charge is 0.354 e. The predicted octanol–water partition coefficient (Wildman–Crippen LogP) is 2.59. The lowest BCUT2D eigenvalue weighted by molar-refractivity contribution is -0.121. The van der Waals surface area contributed by atoms with E-state index < -0.39 is 0 Å². The highest BCUT2D eigenvalue weighted by molar-refractivity contribution is 5.76. The molecule has 0 spiro atoms. The van der Waals surface area contributed by atoms with Crippen LogP contribution in [0.25, 0.3) is 6.08 Å². The van der Waals surface area contributed by atoms with Gasteiger partial charge in [0.1, 0.15) is 0 Å². The van der Waals surface area contributed by atoms with Crippen molar-refractivity contribution < 1.29 is 4.79 Å². The Balaban J connectivity index is 2.22. The van der Waals surface area contributed by atoms with Crippen molar-refractivity contribution in [3.05, 3.63) is 41.5 Å². The number of carbonyl (C=O) groups is 1. The number of amides is 1. The van der Waals surface area contributed by atoms with Crippen molar-refractivity contribution in [2.24, 2.45) is 0 Å². The molecule has 0 heterocycles. The highest BCUT2D eigenvalue weighted by Crippen LogP contribution is 2.04. The topological polar surface area (TPSA) is 41.1 Å². The molecule has 1 amide bonds. The molecule has 3 heteroatoms. The molecule has 0 saturated heterocycles. The molecule has 0 aromatic heterocycles. The minimum Gasteiger partial charge on any atom is -0.354 e. The average molecular weight is 260 g/mol. The van der Waals surface area contributed by atoms with Gasteiger partial charge in [-0.1, -0.05) is 42.0 Å². The van der Waals surface area contributed by atoms with E-state index in [2.05, 4.69) is 35.8 Å². The third-order valence-corrected chi connectivity index (χ3v) is 2.59. The van der Waals surface area contributed by atoms with Crippen LogP contribution in [0, 0.1) is 0 Å². The summed E-state index contributed by atoms with van der Waals surface area (Å²) in [7, 11) is 0. The molecule has 0 aliphatic carbocycles. The summed E-state index contributed by atoms with van der Waals surface area (Å²) in [4.78, 5) is 11.4. The first-order valence-corrected chi connectivity index (χ1v) is 6.80. The van der Waals surface area contributed by atoms with Crippen molar-refractivity contribution in [1.29, 1.82) is 0 Å². The minimum atomic E-state index is 0.104. The Morgan fingerprint density at radius 2 is 1.95 bits per heavy atom. The molecule has 0 atom stereocenters. The second-order valence-electron chi connectivity index (χ2n) is 5.05. The first-order chi connectivity index (χ1) is 9.08. The predicted molar refractivity (Wildman–Crippen MR) is 80.9 cm³/mol. The lowest BCUT2D eigenvalue weighted by Crippen LogP contribution is -2.32. The van der Waals surface area contributed by atoms with Gasteiger partial charge in [0.05, 0.1) is 0 Å². The maximum atomic E-state index is 11.4. The van der Waals surface area contributed by atoms with Gasteiger partial charge in [-0.15, -0.1) is 0 Å². The fraction of sp³-hybridized carbons (Fsp3) is 0.438. The van der Waals surface area contributed by atoms with Gasteiger partial charge in [-0.25, -0.2) is 0 Å². The van der Waals surface area contributed by atoms with E-state index in [0.29, 0.717) is 13.0 Å². The number of benzene rings is 1. The number of hydrogen-bond donors (Lipinski definition) is 2. The molecule has 0 bridgehead atoms. The Morgan fingerprint density at radius 1 is 1.26 bits per heavy atom.